The summed E-state index contributed by atoms with van der Waals surface area (Å²) in [5.74, 6) is 1.65. The van der Waals surface area contributed by atoms with Gasteiger partial charge in [-0.05, 0) is 30.4 Å². The zero-order valence-corrected chi connectivity index (χ0v) is 17.0. The molecule has 1 aromatic carbocycles. The summed E-state index contributed by atoms with van der Waals surface area (Å²) in [4.78, 5) is 25.4. The highest BCUT2D eigenvalue weighted by molar-refractivity contribution is 5.81. The van der Waals surface area contributed by atoms with Crippen LogP contribution in [0.15, 0.2) is 59.3 Å². The lowest BCUT2D eigenvalue weighted by molar-refractivity contribution is 0.266. The molecule has 7 heteroatoms. The van der Waals surface area contributed by atoms with Crippen LogP contribution in [0, 0.1) is 0 Å². The van der Waals surface area contributed by atoms with E-state index in [1.165, 1.54) is 34.5 Å². The Labute approximate surface area is 175 Å². The molecule has 0 unspecified atom stereocenters. The van der Waals surface area contributed by atoms with E-state index in [1.807, 2.05) is 6.20 Å². The number of aryl methyl sites for hydroxylation is 2. The number of aromatic nitrogens is 4. The number of rotatable bonds is 4. The fraction of sp³-hybridized carbons (Fsp3) is 0.348. The molecular formula is C23H26N6O. The molecule has 0 bridgehead atoms. The number of nitrogens with one attached hydrogen (secondary N) is 2. The number of hydrogen-bond donors (Lipinski definition) is 2. The van der Waals surface area contributed by atoms with Crippen LogP contribution < -0.4 is 10.9 Å². The molecule has 1 fully saturated rings. The average molecular weight is 403 g/mol. The lowest BCUT2D eigenvalue weighted by Crippen LogP contribution is -2.35. The lowest BCUT2D eigenvalue weighted by atomic mass is 9.90. The van der Waals surface area contributed by atoms with E-state index in [0.29, 0.717) is 5.95 Å². The van der Waals surface area contributed by atoms with Gasteiger partial charge in [-0.3, -0.25) is 9.78 Å². The molecular weight excluding hydrogens is 376 g/mol. The van der Waals surface area contributed by atoms with Crippen molar-refractivity contribution in [1.29, 1.82) is 0 Å². The van der Waals surface area contributed by atoms with Crippen molar-refractivity contribution in [2.45, 2.75) is 25.8 Å². The Balaban J connectivity index is 1.30. The van der Waals surface area contributed by atoms with Crippen LogP contribution in [0.4, 0.5) is 5.95 Å². The molecule has 4 heterocycles. The SMILES string of the molecule is O=c1ccnc(NCCN2CCC(=C3c4ccccc4CCn4ccnc43)CC2)[nH]1. The predicted octanol–water partition coefficient (Wildman–Crippen LogP) is 2.53. The van der Waals surface area contributed by atoms with E-state index in [-0.39, 0.29) is 5.56 Å². The molecule has 2 aliphatic heterocycles. The zero-order chi connectivity index (χ0) is 20.3. The van der Waals surface area contributed by atoms with Crippen LogP contribution in [0.25, 0.3) is 5.57 Å². The van der Waals surface area contributed by atoms with Crippen molar-refractivity contribution in [3.63, 3.8) is 0 Å². The highest BCUT2D eigenvalue weighted by Gasteiger charge is 2.24. The Morgan fingerprint density at radius 2 is 1.87 bits per heavy atom. The van der Waals surface area contributed by atoms with E-state index in [0.717, 1.165) is 57.8 Å². The normalized spacial score (nSPS) is 16.7. The summed E-state index contributed by atoms with van der Waals surface area (Å²) in [5, 5.41) is 3.20. The molecule has 2 N–H and O–H groups in total. The Hall–Kier alpha value is -3.19. The quantitative estimate of drug-likeness (QED) is 0.701. The van der Waals surface area contributed by atoms with Crippen molar-refractivity contribution in [1.82, 2.24) is 24.4 Å². The Morgan fingerprint density at radius 1 is 1.00 bits per heavy atom. The first-order valence-electron chi connectivity index (χ1n) is 10.6. The van der Waals surface area contributed by atoms with E-state index in [9.17, 15) is 4.79 Å². The monoisotopic (exact) mass is 402 g/mol. The molecule has 3 aromatic rings. The Bertz CT molecular complexity index is 1120. The van der Waals surface area contributed by atoms with Gasteiger partial charge in [0.05, 0.1) is 0 Å². The van der Waals surface area contributed by atoms with Gasteiger partial charge in [-0.25, -0.2) is 9.97 Å². The van der Waals surface area contributed by atoms with Gasteiger partial charge in [-0.1, -0.05) is 29.8 Å². The molecule has 2 aliphatic rings. The molecule has 30 heavy (non-hydrogen) atoms. The van der Waals surface area contributed by atoms with Crippen LogP contribution in [-0.4, -0.2) is 50.6 Å². The number of likely N-dealkylation sites (tertiary alicyclic amines) is 1. The largest absolute Gasteiger partial charge is 0.354 e. The average Bonchev–Trinajstić information content (AvgIpc) is 3.16. The molecule has 2 aromatic heterocycles. The van der Waals surface area contributed by atoms with Crippen LogP contribution in [0.5, 0.6) is 0 Å². The van der Waals surface area contributed by atoms with Gasteiger partial charge in [0.25, 0.3) is 5.56 Å². The van der Waals surface area contributed by atoms with Gasteiger partial charge < -0.3 is 14.8 Å². The molecule has 0 radical (unpaired) electrons. The van der Waals surface area contributed by atoms with Gasteiger partial charge in [0, 0.05) is 63.0 Å². The number of fused-ring (bicyclic) bond motifs is 2. The number of imidazole rings is 1. The molecule has 7 nitrogen and oxygen atoms in total. The summed E-state index contributed by atoms with van der Waals surface area (Å²) >= 11 is 0. The van der Waals surface area contributed by atoms with Crippen molar-refractivity contribution in [3.05, 3.63) is 81.8 Å². The first-order chi connectivity index (χ1) is 14.8. The van der Waals surface area contributed by atoms with Gasteiger partial charge in [0.2, 0.25) is 5.95 Å². The van der Waals surface area contributed by atoms with Crippen molar-refractivity contribution < 1.29 is 0 Å². The summed E-state index contributed by atoms with van der Waals surface area (Å²) in [6.45, 7) is 4.72. The van der Waals surface area contributed by atoms with E-state index in [4.69, 9.17) is 4.98 Å². The standard InChI is InChI=1S/C23H26N6O/c30-20-5-9-25-23(27-20)26-10-15-28-12-6-18(7-13-28)21-19-4-2-1-3-17(19)8-14-29-16-11-24-22(21)29/h1-5,9,11,16H,6-8,10,12-15H2,(H2,25,26,27,30). The Kier molecular flexibility index (Phi) is 5.19. The van der Waals surface area contributed by atoms with Crippen LogP contribution >= 0.6 is 0 Å². The van der Waals surface area contributed by atoms with E-state index in [1.54, 1.807) is 0 Å². The summed E-state index contributed by atoms with van der Waals surface area (Å²) in [5.41, 5.74) is 5.49. The molecule has 1 saturated heterocycles. The maximum absolute atomic E-state index is 11.4. The maximum Gasteiger partial charge on any atom is 0.252 e. The Morgan fingerprint density at radius 3 is 2.73 bits per heavy atom. The zero-order valence-electron chi connectivity index (χ0n) is 17.0. The molecule has 0 amide bonds. The third-order valence-corrected chi connectivity index (χ3v) is 6.05. The van der Waals surface area contributed by atoms with Crippen molar-refractivity contribution in [3.8, 4) is 0 Å². The minimum absolute atomic E-state index is 0.135. The topological polar surface area (TPSA) is 78.8 Å². The molecule has 154 valence electrons. The van der Waals surface area contributed by atoms with Crippen molar-refractivity contribution >= 4 is 11.5 Å². The van der Waals surface area contributed by atoms with Crippen molar-refractivity contribution in [2.24, 2.45) is 0 Å². The lowest BCUT2D eigenvalue weighted by Gasteiger charge is -2.30. The highest BCUT2D eigenvalue weighted by atomic mass is 16.1. The van der Waals surface area contributed by atoms with Gasteiger partial charge >= 0.3 is 0 Å². The van der Waals surface area contributed by atoms with Crippen molar-refractivity contribution in [2.75, 3.05) is 31.5 Å². The van der Waals surface area contributed by atoms with E-state index in [2.05, 4.69) is 55.2 Å². The second-order valence-electron chi connectivity index (χ2n) is 7.88. The predicted molar refractivity (Wildman–Crippen MR) is 117 cm³/mol. The first-order valence-corrected chi connectivity index (χ1v) is 10.6. The molecule has 0 saturated carbocycles. The van der Waals surface area contributed by atoms with Gasteiger partial charge in [0.15, 0.2) is 0 Å². The molecule has 0 aliphatic carbocycles. The second kappa shape index (κ2) is 8.28. The van der Waals surface area contributed by atoms with Gasteiger partial charge in [0.1, 0.15) is 5.82 Å². The van der Waals surface area contributed by atoms with Gasteiger partial charge in [-0.2, -0.15) is 0 Å². The number of H-pyrrole nitrogens is 1. The molecule has 0 spiro atoms. The minimum atomic E-state index is -0.135. The fourth-order valence-electron chi connectivity index (χ4n) is 4.50. The number of nitrogens with zero attached hydrogens (tertiary/aromatic N) is 4. The van der Waals surface area contributed by atoms with Crippen LogP contribution in [0.2, 0.25) is 0 Å². The van der Waals surface area contributed by atoms with Crippen LogP contribution in [0.1, 0.15) is 29.8 Å². The maximum atomic E-state index is 11.4. The second-order valence-corrected chi connectivity index (χ2v) is 7.88. The van der Waals surface area contributed by atoms with Gasteiger partial charge in [-0.15, -0.1) is 0 Å². The smallest absolute Gasteiger partial charge is 0.252 e. The summed E-state index contributed by atoms with van der Waals surface area (Å²) in [6, 6.07) is 10.2. The fourth-order valence-corrected chi connectivity index (χ4v) is 4.50. The van der Waals surface area contributed by atoms with E-state index < -0.39 is 0 Å². The van der Waals surface area contributed by atoms with E-state index >= 15 is 0 Å². The van der Waals surface area contributed by atoms with Crippen LogP contribution in [-0.2, 0) is 13.0 Å². The summed E-state index contributed by atoms with van der Waals surface area (Å²) in [6.07, 6.45) is 8.70. The number of aromatic amines is 1. The number of hydrogen-bond acceptors (Lipinski definition) is 5. The highest BCUT2D eigenvalue weighted by Crippen LogP contribution is 2.35. The number of benzene rings is 1. The number of anilines is 1. The third-order valence-electron chi connectivity index (χ3n) is 6.05. The summed E-state index contributed by atoms with van der Waals surface area (Å²) < 4.78 is 2.30. The summed E-state index contributed by atoms with van der Waals surface area (Å²) in [7, 11) is 0. The minimum Gasteiger partial charge on any atom is -0.354 e. The third kappa shape index (κ3) is 3.80. The molecule has 5 rings (SSSR count). The molecule has 0 atom stereocenters. The number of piperidine rings is 1. The van der Waals surface area contributed by atoms with Crippen LogP contribution in [0.3, 0.4) is 0 Å². The first kappa shape index (κ1) is 18.8.